The van der Waals surface area contributed by atoms with Crippen LogP contribution in [0.3, 0.4) is 0 Å². The third-order valence-electron chi connectivity index (χ3n) is 5.33. The molecule has 2 heteroatoms. The van der Waals surface area contributed by atoms with Crippen molar-refractivity contribution in [3.8, 4) is 0 Å². The van der Waals surface area contributed by atoms with E-state index in [1.807, 2.05) is 0 Å². The Hall–Kier alpha value is -0.114. The molecule has 29 heavy (non-hydrogen) atoms. The fraction of sp³-hybridized carbons (Fsp3) is 0.630. The van der Waals surface area contributed by atoms with Crippen LogP contribution in [0.15, 0.2) is 42.5 Å². The van der Waals surface area contributed by atoms with Crippen molar-refractivity contribution in [2.75, 3.05) is 0 Å². The summed E-state index contributed by atoms with van der Waals surface area (Å²) in [5, 5.41) is 0. The zero-order valence-corrected chi connectivity index (χ0v) is 22.0. The Labute approximate surface area is 206 Å². The number of benzene rings is 1. The van der Waals surface area contributed by atoms with Gasteiger partial charge >= 0.3 is 23.1 Å². The average Bonchev–Trinajstić information content (AvgIpc) is 2.68. The van der Waals surface area contributed by atoms with Gasteiger partial charge in [-0.2, -0.15) is 23.6 Å². The van der Waals surface area contributed by atoms with Crippen molar-refractivity contribution in [2.45, 2.75) is 110 Å². The van der Waals surface area contributed by atoms with Crippen LogP contribution in [-0.2, 0) is 0 Å². The van der Waals surface area contributed by atoms with Crippen molar-refractivity contribution in [2.24, 2.45) is 0 Å². The normalized spacial score (nSPS) is 10.1. The minimum Gasteiger partial charge on any atom is -0.358 e. The predicted molar refractivity (Wildman–Crippen MR) is 138 cm³/mol. The molecule has 1 rings (SSSR count). The van der Waals surface area contributed by atoms with Crippen molar-refractivity contribution in [3.05, 3.63) is 61.4 Å². The number of rotatable bonds is 17. The molecule has 0 bridgehead atoms. The summed E-state index contributed by atoms with van der Waals surface area (Å²) in [4.78, 5) is 0. The first kappa shape index (κ1) is 33.5. The van der Waals surface area contributed by atoms with Gasteiger partial charge in [-0.25, -0.2) is 0 Å². The molecular weight excluding hydrogens is 384 g/mol. The molecule has 0 spiro atoms. The van der Waals surface area contributed by atoms with Crippen molar-refractivity contribution in [1.29, 1.82) is 0 Å². The van der Waals surface area contributed by atoms with Gasteiger partial charge in [0, 0.05) is 0 Å². The Kier molecular flexibility index (Phi) is 30.0. The minimum atomic E-state index is 0. The Bertz CT molecular complexity index is 429. The smallest absolute Gasteiger partial charge is 0.358 e. The molecule has 0 radical (unpaired) electrons. The molecule has 0 N–H and O–H groups in total. The third-order valence-corrected chi connectivity index (χ3v) is 5.33. The van der Waals surface area contributed by atoms with Gasteiger partial charge in [0.2, 0.25) is 0 Å². The first-order valence-corrected chi connectivity index (χ1v) is 11.4. The van der Waals surface area contributed by atoms with Gasteiger partial charge in [-0.05, 0) is 25.7 Å². The topological polar surface area (TPSA) is 0 Å². The standard InChI is InChI=1S/C26H43.CH3.ClH.Mg/c1-3-4-5-6-7-8-9-10-11-12-13-14-15-16-17-19-22-25(2)26-23-20-18-21-24-26;;;/h10-11,18,20-21,23-24H,3-9,12-17,19,22H2,1-2H3;1H3;1H;/q2*-1;;+2/b11-10-;;;. The second-order valence-corrected chi connectivity index (χ2v) is 7.83. The second kappa shape index (κ2) is 25.9. The molecule has 164 valence electrons. The third kappa shape index (κ3) is 20.9. The van der Waals surface area contributed by atoms with Crippen molar-refractivity contribution >= 4 is 35.5 Å². The summed E-state index contributed by atoms with van der Waals surface area (Å²) in [6, 6.07) is 10.8. The number of halogens is 1. The van der Waals surface area contributed by atoms with Gasteiger partial charge in [0.1, 0.15) is 0 Å². The zero-order valence-electron chi connectivity index (χ0n) is 19.8. The van der Waals surface area contributed by atoms with Crippen molar-refractivity contribution in [3.63, 3.8) is 0 Å². The van der Waals surface area contributed by atoms with E-state index < -0.39 is 0 Å². The van der Waals surface area contributed by atoms with Crippen LogP contribution in [0.1, 0.15) is 116 Å². The Morgan fingerprint density at radius 3 is 1.66 bits per heavy atom. The summed E-state index contributed by atoms with van der Waals surface area (Å²) in [5.41, 5.74) is 1.42. The van der Waals surface area contributed by atoms with Gasteiger partial charge in [-0.3, -0.25) is 0 Å². The molecule has 0 fully saturated rings. The first-order valence-electron chi connectivity index (χ1n) is 11.4. The van der Waals surface area contributed by atoms with E-state index in [0.717, 1.165) is 0 Å². The number of unbranched alkanes of at least 4 members (excludes halogenated alkanes) is 12. The molecule has 0 saturated carbocycles. The summed E-state index contributed by atoms with van der Waals surface area (Å²) in [6.07, 6.45) is 25.5. The fourth-order valence-corrected chi connectivity index (χ4v) is 3.50. The van der Waals surface area contributed by atoms with E-state index in [1.54, 1.807) is 5.92 Å². The summed E-state index contributed by atoms with van der Waals surface area (Å²) in [6.45, 7) is 4.57. The fourth-order valence-electron chi connectivity index (χ4n) is 3.50. The monoisotopic (exact) mass is 430 g/mol. The summed E-state index contributed by atoms with van der Waals surface area (Å²) >= 11 is 0. The van der Waals surface area contributed by atoms with E-state index in [9.17, 15) is 0 Å². The maximum absolute atomic E-state index is 2.42. The van der Waals surface area contributed by atoms with Gasteiger partial charge in [-0.1, -0.05) is 103 Å². The van der Waals surface area contributed by atoms with E-state index in [-0.39, 0.29) is 42.9 Å². The Morgan fingerprint density at radius 2 is 1.14 bits per heavy atom. The number of allylic oxidation sites excluding steroid dienone is 2. The molecule has 1 aromatic carbocycles. The van der Waals surface area contributed by atoms with Gasteiger partial charge in [0.05, 0.1) is 0 Å². The molecule has 0 amide bonds. The van der Waals surface area contributed by atoms with Gasteiger partial charge in [0.15, 0.2) is 0 Å². The van der Waals surface area contributed by atoms with E-state index in [4.69, 9.17) is 0 Å². The molecule has 0 aliphatic rings. The second-order valence-electron chi connectivity index (χ2n) is 7.83. The Morgan fingerprint density at radius 1 is 0.690 bits per heavy atom. The van der Waals surface area contributed by atoms with Gasteiger partial charge < -0.3 is 7.43 Å². The van der Waals surface area contributed by atoms with Crippen LogP contribution in [0, 0.1) is 13.3 Å². The van der Waals surface area contributed by atoms with Crippen LogP contribution in [-0.4, -0.2) is 23.1 Å². The SMILES string of the molecule is CCCCCCCC/C=C\CCCCCCCC[C-](C)c1ccccc1.Cl.[CH3-].[Mg+2]. The summed E-state index contributed by atoms with van der Waals surface area (Å²) in [5.74, 6) is 1.54. The molecular formula is C27H47ClMg. The quantitative estimate of drug-likeness (QED) is 0.0997. The van der Waals surface area contributed by atoms with E-state index in [1.165, 1.54) is 102 Å². The molecule has 0 unspecified atom stereocenters. The predicted octanol–water partition coefficient (Wildman–Crippen LogP) is 9.55. The van der Waals surface area contributed by atoms with Crippen LogP contribution in [0.2, 0.25) is 0 Å². The average molecular weight is 431 g/mol. The number of hydrogen-bond donors (Lipinski definition) is 0. The minimum absolute atomic E-state index is 0. The Balaban J connectivity index is -0.00000225. The van der Waals surface area contributed by atoms with E-state index >= 15 is 0 Å². The van der Waals surface area contributed by atoms with E-state index in [2.05, 4.69) is 56.3 Å². The molecule has 0 heterocycles. The van der Waals surface area contributed by atoms with Crippen LogP contribution in [0.25, 0.3) is 0 Å². The molecule has 0 aromatic heterocycles. The molecule has 0 aliphatic heterocycles. The molecule has 0 nitrogen and oxygen atoms in total. The van der Waals surface area contributed by atoms with Crippen LogP contribution < -0.4 is 0 Å². The van der Waals surface area contributed by atoms with E-state index in [0.29, 0.717) is 0 Å². The van der Waals surface area contributed by atoms with Crippen LogP contribution in [0.4, 0.5) is 0 Å². The molecule has 0 aliphatic carbocycles. The summed E-state index contributed by atoms with van der Waals surface area (Å²) in [7, 11) is 0. The number of hydrogen-bond acceptors (Lipinski definition) is 0. The van der Waals surface area contributed by atoms with Crippen LogP contribution in [0.5, 0.6) is 0 Å². The molecule has 0 atom stereocenters. The molecule has 1 aromatic rings. The largest absolute Gasteiger partial charge is 2.00 e. The summed E-state index contributed by atoms with van der Waals surface area (Å²) < 4.78 is 0. The first-order chi connectivity index (χ1) is 12.8. The van der Waals surface area contributed by atoms with Gasteiger partial charge in [0.25, 0.3) is 0 Å². The van der Waals surface area contributed by atoms with Crippen molar-refractivity contribution in [1.82, 2.24) is 0 Å². The van der Waals surface area contributed by atoms with Crippen LogP contribution >= 0.6 is 12.4 Å². The maximum atomic E-state index is 2.42. The maximum Gasteiger partial charge on any atom is 2.00 e. The molecule has 0 saturated heterocycles. The zero-order chi connectivity index (χ0) is 18.7. The van der Waals surface area contributed by atoms with Crippen molar-refractivity contribution < 1.29 is 0 Å². The van der Waals surface area contributed by atoms with Gasteiger partial charge in [-0.15, -0.1) is 24.5 Å².